The minimum atomic E-state index is -2.62. The normalized spacial score (nSPS) is 10.7. The number of halogens is 4. The Kier molecular flexibility index (Phi) is 4.07. The lowest BCUT2D eigenvalue weighted by Gasteiger charge is -2.11. The van der Waals surface area contributed by atoms with Crippen molar-refractivity contribution in [1.29, 1.82) is 0 Å². The van der Waals surface area contributed by atoms with Gasteiger partial charge in [0.2, 0.25) is 0 Å². The number of aromatic nitrogens is 1. The van der Waals surface area contributed by atoms with Crippen molar-refractivity contribution in [3.63, 3.8) is 0 Å². The van der Waals surface area contributed by atoms with E-state index in [-0.39, 0.29) is 17.2 Å². The Bertz CT molecular complexity index is 335. The van der Waals surface area contributed by atoms with Crippen LogP contribution in [0.3, 0.4) is 0 Å². The van der Waals surface area contributed by atoms with E-state index in [0.29, 0.717) is 10.2 Å². The van der Waals surface area contributed by atoms with Gasteiger partial charge in [0.05, 0.1) is 18.6 Å². The number of alkyl halides is 3. The van der Waals surface area contributed by atoms with Crippen LogP contribution in [0.15, 0.2) is 10.8 Å². The molecule has 0 amide bonds. The lowest BCUT2D eigenvalue weighted by atomic mass is 10.2. The van der Waals surface area contributed by atoms with Crippen LogP contribution in [-0.2, 0) is 5.88 Å². The van der Waals surface area contributed by atoms with Gasteiger partial charge in [0.1, 0.15) is 10.4 Å². The standard InChI is InChI=1S/C8H7BrClF2NO/c1-14-6-4(2-10)7(9)13-3-5(6)8(11)12/h3,8H,2H2,1H3. The summed E-state index contributed by atoms with van der Waals surface area (Å²) in [5, 5.41) is 0. The molecule has 0 unspecified atom stereocenters. The van der Waals surface area contributed by atoms with Crippen molar-refractivity contribution in [3.05, 3.63) is 21.9 Å². The number of methoxy groups -OCH3 is 1. The molecule has 0 aliphatic rings. The van der Waals surface area contributed by atoms with Crippen LogP contribution in [-0.4, -0.2) is 12.1 Å². The molecule has 1 aromatic heterocycles. The van der Waals surface area contributed by atoms with E-state index in [1.54, 1.807) is 0 Å². The second-order valence-corrected chi connectivity index (χ2v) is 3.47. The number of hydrogen-bond acceptors (Lipinski definition) is 2. The molecule has 0 saturated heterocycles. The van der Waals surface area contributed by atoms with Crippen molar-refractivity contribution in [2.24, 2.45) is 0 Å². The van der Waals surface area contributed by atoms with Crippen LogP contribution in [0.1, 0.15) is 17.6 Å². The molecule has 0 aliphatic carbocycles. The van der Waals surface area contributed by atoms with Crippen LogP contribution < -0.4 is 4.74 Å². The quantitative estimate of drug-likeness (QED) is 0.626. The summed E-state index contributed by atoms with van der Waals surface area (Å²) in [4.78, 5) is 3.75. The average Bonchev–Trinajstić information content (AvgIpc) is 2.16. The lowest BCUT2D eigenvalue weighted by molar-refractivity contribution is 0.146. The summed E-state index contributed by atoms with van der Waals surface area (Å²) in [6.45, 7) is 0. The van der Waals surface area contributed by atoms with Crippen LogP contribution in [0, 0.1) is 0 Å². The van der Waals surface area contributed by atoms with Crippen LogP contribution in [0.25, 0.3) is 0 Å². The van der Waals surface area contributed by atoms with Gasteiger partial charge in [-0.3, -0.25) is 0 Å². The van der Waals surface area contributed by atoms with Gasteiger partial charge < -0.3 is 4.74 Å². The molecule has 78 valence electrons. The van der Waals surface area contributed by atoms with E-state index in [1.807, 2.05) is 0 Å². The Morgan fingerprint density at radius 2 is 2.29 bits per heavy atom. The molecule has 1 aromatic rings. The van der Waals surface area contributed by atoms with Crippen molar-refractivity contribution < 1.29 is 13.5 Å². The van der Waals surface area contributed by atoms with Crippen molar-refractivity contribution in [1.82, 2.24) is 4.98 Å². The Labute approximate surface area is 93.4 Å². The molecular formula is C8H7BrClF2NO. The zero-order valence-corrected chi connectivity index (χ0v) is 9.57. The van der Waals surface area contributed by atoms with Crippen molar-refractivity contribution >= 4 is 27.5 Å². The highest BCUT2D eigenvalue weighted by molar-refractivity contribution is 9.10. The molecule has 0 aromatic carbocycles. The first-order valence-electron chi connectivity index (χ1n) is 3.67. The molecule has 2 nitrogen and oxygen atoms in total. The van der Waals surface area contributed by atoms with Crippen LogP contribution >= 0.6 is 27.5 Å². The van der Waals surface area contributed by atoms with Gasteiger partial charge in [0, 0.05) is 11.8 Å². The third-order valence-corrected chi connectivity index (χ3v) is 2.63. The van der Waals surface area contributed by atoms with E-state index in [4.69, 9.17) is 16.3 Å². The van der Waals surface area contributed by atoms with Gasteiger partial charge >= 0.3 is 0 Å². The molecule has 1 rings (SSSR count). The summed E-state index contributed by atoms with van der Waals surface area (Å²) in [7, 11) is 1.32. The van der Waals surface area contributed by atoms with Crippen molar-refractivity contribution in [2.45, 2.75) is 12.3 Å². The Morgan fingerprint density at radius 3 is 2.71 bits per heavy atom. The molecule has 0 N–H and O–H groups in total. The Morgan fingerprint density at radius 1 is 1.64 bits per heavy atom. The fraction of sp³-hybridized carbons (Fsp3) is 0.375. The maximum Gasteiger partial charge on any atom is 0.268 e. The minimum Gasteiger partial charge on any atom is -0.496 e. The van der Waals surface area contributed by atoms with Gasteiger partial charge in [-0.1, -0.05) is 0 Å². The summed E-state index contributed by atoms with van der Waals surface area (Å²) >= 11 is 8.71. The van der Waals surface area contributed by atoms with E-state index in [2.05, 4.69) is 20.9 Å². The molecule has 0 bridgehead atoms. The first-order valence-corrected chi connectivity index (χ1v) is 5.00. The highest BCUT2D eigenvalue weighted by Crippen LogP contribution is 2.35. The molecule has 14 heavy (non-hydrogen) atoms. The topological polar surface area (TPSA) is 22.1 Å². The first-order chi connectivity index (χ1) is 6.61. The van der Waals surface area contributed by atoms with Gasteiger partial charge in [-0.2, -0.15) is 0 Å². The lowest BCUT2D eigenvalue weighted by Crippen LogP contribution is -1.99. The number of rotatable bonds is 3. The fourth-order valence-corrected chi connectivity index (χ4v) is 1.87. The van der Waals surface area contributed by atoms with Gasteiger partial charge in [-0.25, -0.2) is 13.8 Å². The second-order valence-electron chi connectivity index (χ2n) is 2.45. The number of ether oxygens (including phenoxy) is 1. The molecule has 1 heterocycles. The molecule has 6 heteroatoms. The summed E-state index contributed by atoms with van der Waals surface area (Å²) in [5.41, 5.74) is 0.193. The fourth-order valence-electron chi connectivity index (χ4n) is 1.04. The largest absolute Gasteiger partial charge is 0.496 e. The van der Waals surface area contributed by atoms with Crippen molar-refractivity contribution in [3.8, 4) is 5.75 Å². The van der Waals surface area contributed by atoms with Crippen LogP contribution in [0.4, 0.5) is 8.78 Å². The maximum absolute atomic E-state index is 12.5. The third-order valence-electron chi connectivity index (χ3n) is 1.68. The van der Waals surface area contributed by atoms with Crippen molar-refractivity contribution in [2.75, 3.05) is 7.11 Å². The van der Waals surface area contributed by atoms with Crippen LogP contribution in [0.2, 0.25) is 0 Å². The smallest absolute Gasteiger partial charge is 0.268 e. The van der Waals surface area contributed by atoms with E-state index >= 15 is 0 Å². The Hall–Kier alpha value is -0.420. The molecule has 0 fully saturated rings. The highest BCUT2D eigenvalue weighted by atomic mass is 79.9. The molecule has 0 aliphatic heterocycles. The zero-order valence-electron chi connectivity index (χ0n) is 7.23. The first kappa shape index (κ1) is 11.7. The van der Waals surface area contributed by atoms with E-state index in [0.717, 1.165) is 6.20 Å². The SMILES string of the molecule is COc1c(C(F)F)cnc(Br)c1CCl. The molecular weight excluding hydrogens is 279 g/mol. The molecule has 0 atom stereocenters. The predicted molar refractivity (Wildman–Crippen MR) is 53.0 cm³/mol. The predicted octanol–water partition coefficient (Wildman–Crippen LogP) is 3.53. The molecule has 0 spiro atoms. The summed E-state index contributed by atoms with van der Waals surface area (Å²) in [6, 6.07) is 0. The number of nitrogens with zero attached hydrogens (tertiary/aromatic N) is 1. The average molecular weight is 287 g/mol. The summed E-state index contributed by atoms with van der Waals surface area (Å²) in [6.07, 6.45) is -1.54. The van der Waals surface area contributed by atoms with Gasteiger partial charge in [-0.15, -0.1) is 11.6 Å². The van der Waals surface area contributed by atoms with Gasteiger partial charge in [-0.05, 0) is 15.9 Å². The third kappa shape index (κ3) is 2.15. The molecule has 0 radical (unpaired) electrons. The highest BCUT2D eigenvalue weighted by Gasteiger charge is 2.19. The number of hydrogen-bond donors (Lipinski definition) is 0. The van der Waals surface area contributed by atoms with Crippen LogP contribution in [0.5, 0.6) is 5.75 Å². The van der Waals surface area contributed by atoms with E-state index in [1.165, 1.54) is 7.11 Å². The van der Waals surface area contributed by atoms with E-state index in [9.17, 15) is 8.78 Å². The maximum atomic E-state index is 12.5. The molecule has 0 saturated carbocycles. The second kappa shape index (κ2) is 4.89. The van der Waals surface area contributed by atoms with Gasteiger partial charge in [0.15, 0.2) is 0 Å². The summed E-state index contributed by atoms with van der Waals surface area (Å²) in [5.74, 6) is 0.161. The zero-order chi connectivity index (χ0) is 10.7. The van der Waals surface area contributed by atoms with Gasteiger partial charge in [0.25, 0.3) is 6.43 Å². The minimum absolute atomic E-state index is 0.0668. The Balaban J connectivity index is 3.33. The number of pyridine rings is 1. The monoisotopic (exact) mass is 285 g/mol. The summed E-state index contributed by atoms with van der Waals surface area (Å²) < 4.78 is 30.3. The van der Waals surface area contributed by atoms with E-state index < -0.39 is 6.43 Å².